The second-order valence-electron chi connectivity index (χ2n) is 6.84. The van der Waals surface area contributed by atoms with E-state index in [9.17, 15) is 9.90 Å². The van der Waals surface area contributed by atoms with Crippen molar-refractivity contribution in [1.29, 1.82) is 0 Å². The van der Waals surface area contributed by atoms with Crippen LogP contribution in [-0.2, 0) is 4.79 Å². The lowest BCUT2D eigenvalue weighted by Crippen LogP contribution is -2.37. The quantitative estimate of drug-likeness (QED) is 0.801. The van der Waals surface area contributed by atoms with Crippen molar-refractivity contribution >= 4 is 5.97 Å². The Labute approximate surface area is 97.8 Å². The molecule has 2 aliphatic rings. The van der Waals surface area contributed by atoms with E-state index in [0.29, 0.717) is 10.8 Å². The molecule has 0 amide bonds. The van der Waals surface area contributed by atoms with Crippen molar-refractivity contribution in [2.75, 3.05) is 13.1 Å². The summed E-state index contributed by atoms with van der Waals surface area (Å²) in [6, 6.07) is -0.218. The van der Waals surface area contributed by atoms with E-state index in [1.807, 2.05) is 0 Å². The normalized spacial score (nSPS) is 28.6. The first-order valence-corrected chi connectivity index (χ1v) is 6.28. The number of likely N-dealkylation sites (tertiary alicyclic amines) is 1. The van der Waals surface area contributed by atoms with E-state index in [0.717, 1.165) is 25.9 Å². The number of aliphatic carboxylic acids is 1. The zero-order valence-electron chi connectivity index (χ0n) is 10.6. The van der Waals surface area contributed by atoms with Crippen LogP contribution in [0.15, 0.2) is 0 Å². The van der Waals surface area contributed by atoms with Gasteiger partial charge in [0.1, 0.15) is 6.04 Å². The fourth-order valence-corrected chi connectivity index (χ4v) is 2.64. The van der Waals surface area contributed by atoms with Crippen LogP contribution >= 0.6 is 0 Å². The van der Waals surface area contributed by atoms with Gasteiger partial charge in [-0.2, -0.15) is 0 Å². The van der Waals surface area contributed by atoms with Gasteiger partial charge in [0.15, 0.2) is 0 Å². The zero-order valence-corrected chi connectivity index (χ0v) is 10.6. The number of rotatable bonds is 3. The Kier molecular flexibility index (Phi) is 2.77. The van der Waals surface area contributed by atoms with Gasteiger partial charge in [-0.3, -0.25) is 9.69 Å². The molecule has 1 spiro atoms. The van der Waals surface area contributed by atoms with E-state index in [2.05, 4.69) is 25.7 Å². The molecule has 0 radical (unpaired) electrons. The van der Waals surface area contributed by atoms with Gasteiger partial charge in [0.2, 0.25) is 0 Å². The van der Waals surface area contributed by atoms with Gasteiger partial charge in [-0.25, -0.2) is 0 Å². The van der Waals surface area contributed by atoms with Gasteiger partial charge in [0.25, 0.3) is 0 Å². The first kappa shape index (κ1) is 11.9. The summed E-state index contributed by atoms with van der Waals surface area (Å²) in [5.41, 5.74) is 0.684. The molecule has 3 nitrogen and oxygen atoms in total. The van der Waals surface area contributed by atoms with Crippen molar-refractivity contribution in [3.8, 4) is 0 Å². The standard InChI is InChI=1S/C13H23NO2/c1-12(2,3)6-7-14-9-13(4-5-13)8-10(14)11(15)16/h10H,4-9H2,1-3H3,(H,15,16)/t10-/m0/s1. The molecule has 0 aromatic carbocycles. The van der Waals surface area contributed by atoms with E-state index in [1.165, 1.54) is 12.8 Å². The van der Waals surface area contributed by atoms with Crippen LogP contribution in [0.4, 0.5) is 0 Å². The summed E-state index contributed by atoms with van der Waals surface area (Å²) in [4.78, 5) is 13.4. The first-order valence-electron chi connectivity index (χ1n) is 6.28. The van der Waals surface area contributed by atoms with Crippen LogP contribution in [0.5, 0.6) is 0 Å². The molecule has 1 heterocycles. The van der Waals surface area contributed by atoms with Gasteiger partial charge in [-0.1, -0.05) is 20.8 Å². The second-order valence-corrected chi connectivity index (χ2v) is 6.84. The van der Waals surface area contributed by atoms with Crippen LogP contribution < -0.4 is 0 Å². The second kappa shape index (κ2) is 3.73. The number of carboxylic acid groups (broad SMARTS) is 1. The van der Waals surface area contributed by atoms with Crippen molar-refractivity contribution in [2.45, 2.75) is 52.5 Å². The summed E-state index contributed by atoms with van der Waals surface area (Å²) in [6.07, 6.45) is 4.44. The maximum absolute atomic E-state index is 11.2. The van der Waals surface area contributed by atoms with Crippen molar-refractivity contribution in [3.63, 3.8) is 0 Å². The lowest BCUT2D eigenvalue weighted by Gasteiger charge is -2.26. The number of carboxylic acids is 1. The fraction of sp³-hybridized carbons (Fsp3) is 0.923. The average Bonchev–Trinajstić information content (AvgIpc) is 2.74. The van der Waals surface area contributed by atoms with Gasteiger partial charge >= 0.3 is 5.97 Å². The predicted octanol–water partition coefficient (Wildman–Crippen LogP) is 2.36. The third-order valence-corrected chi connectivity index (χ3v) is 4.00. The molecule has 1 atom stereocenters. The highest BCUT2D eigenvalue weighted by Gasteiger charge is 2.53. The Bertz CT molecular complexity index is 289. The minimum Gasteiger partial charge on any atom is -0.480 e. The van der Waals surface area contributed by atoms with E-state index in [-0.39, 0.29) is 6.04 Å². The van der Waals surface area contributed by atoms with Gasteiger partial charge in [-0.15, -0.1) is 0 Å². The maximum Gasteiger partial charge on any atom is 0.320 e. The molecule has 0 aromatic rings. The third kappa shape index (κ3) is 2.57. The number of carbonyl (C=O) groups is 1. The smallest absolute Gasteiger partial charge is 0.320 e. The molecular weight excluding hydrogens is 202 g/mol. The van der Waals surface area contributed by atoms with E-state index >= 15 is 0 Å². The summed E-state index contributed by atoms with van der Waals surface area (Å²) in [5.74, 6) is -0.627. The summed E-state index contributed by atoms with van der Waals surface area (Å²) >= 11 is 0. The van der Waals surface area contributed by atoms with Crippen LogP contribution in [-0.4, -0.2) is 35.1 Å². The molecule has 0 aromatic heterocycles. The Morgan fingerprint density at radius 2 is 2.06 bits per heavy atom. The summed E-state index contributed by atoms with van der Waals surface area (Å²) < 4.78 is 0. The Morgan fingerprint density at radius 1 is 1.44 bits per heavy atom. The lowest BCUT2D eigenvalue weighted by molar-refractivity contribution is -0.142. The molecule has 1 aliphatic heterocycles. The summed E-state index contributed by atoms with van der Waals surface area (Å²) in [5, 5.41) is 9.23. The molecule has 3 heteroatoms. The SMILES string of the molecule is CC(C)(C)CCN1CC2(CC2)C[C@H]1C(=O)O. The molecule has 1 saturated carbocycles. The fourth-order valence-electron chi connectivity index (χ4n) is 2.64. The highest BCUT2D eigenvalue weighted by Crippen LogP contribution is 2.54. The molecule has 1 saturated heterocycles. The van der Waals surface area contributed by atoms with Crippen molar-refractivity contribution in [3.05, 3.63) is 0 Å². The van der Waals surface area contributed by atoms with Crippen molar-refractivity contribution < 1.29 is 9.90 Å². The van der Waals surface area contributed by atoms with Crippen LogP contribution in [0.1, 0.15) is 46.5 Å². The van der Waals surface area contributed by atoms with Gasteiger partial charge in [-0.05, 0) is 43.1 Å². The van der Waals surface area contributed by atoms with Gasteiger partial charge < -0.3 is 5.11 Å². The van der Waals surface area contributed by atoms with Gasteiger partial charge in [0.05, 0.1) is 0 Å². The van der Waals surface area contributed by atoms with E-state index < -0.39 is 5.97 Å². The maximum atomic E-state index is 11.2. The molecule has 0 bridgehead atoms. The third-order valence-electron chi connectivity index (χ3n) is 4.00. The molecule has 1 aliphatic carbocycles. The minimum absolute atomic E-state index is 0.218. The highest BCUT2D eigenvalue weighted by molar-refractivity contribution is 5.74. The lowest BCUT2D eigenvalue weighted by atomic mass is 9.92. The van der Waals surface area contributed by atoms with Crippen LogP contribution in [0.2, 0.25) is 0 Å². The number of nitrogens with zero attached hydrogens (tertiary/aromatic N) is 1. The topological polar surface area (TPSA) is 40.5 Å². The molecule has 2 rings (SSSR count). The Morgan fingerprint density at radius 3 is 2.50 bits per heavy atom. The Balaban J connectivity index is 1.94. The number of hydrogen-bond acceptors (Lipinski definition) is 2. The van der Waals surface area contributed by atoms with Crippen molar-refractivity contribution in [2.24, 2.45) is 10.8 Å². The highest BCUT2D eigenvalue weighted by atomic mass is 16.4. The molecule has 16 heavy (non-hydrogen) atoms. The Hall–Kier alpha value is -0.570. The average molecular weight is 225 g/mol. The molecule has 1 N–H and O–H groups in total. The summed E-state index contributed by atoms with van der Waals surface area (Å²) in [6.45, 7) is 8.59. The zero-order chi connectivity index (χ0) is 12.0. The van der Waals surface area contributed by atoms with Crippen LogP contribution in [0.25, 0.3) is 0 Å². The molecular formula is C13H23NO2. The van der Waals surface area contributed by atoms with Crippen molar-refractivity contribution in [1.82, 2.24) is 4.90 Å². The van der Waals surface area contributed by atoms with Crippen LogP contribution in [0, 0.1) is 10.8 Å². The summed E-state index contributed by atoms with van der Waals surface area (Å²) in [7, 11) is 0. The first-order chi connectivity index (χ1) is 7.31. The van der Waals surface area contributed by atoms with Crippen LogP contribution in [0.3, 0.4) is 0 Å². The number of hydrogen-bond donors (Lipinski definition) is 1. The van der Waals surface area contributed by atoms with Gasteiger partial charge in [0, 0.05) is 6.54 Å². The monoisotopic (exact) mass is 225 g/mol. The van der Waals surface area contributed by atoms with E-state index in [4.69, 9.17) is 0 Å². The molecule has 92 valence electrons. The minimum atomic E-state index is -0.627. The predicted molar refractivity (Wildman–Crippen MR) is 63.4 cm³/mol. The molecule has 2 fully saturated rings. The largest absolute Gasteiger partial charge is 0.480 e. The molecule has 0 unspecified atom stereocenters. The van der Waals surface area contributed by atoms with E-state index in [1.54, 1.807) is 0 Å².